The van der Waals surface area contributed by atoms with Crippen molar-refractivity contribution >= 4 is 10.8 Å². The number of nitrogens with zero attached hydrogens (tertiary/aromatic N) is 4. The van der Waals surface area contributed by atoms with Crippen LogP contribution in [0.5, 0.6) is 0 Å². The Balaban J connectivity index is 1.22. The van der Waals surface area contributed by atoms with Crippen molar-refractivity contribution in [1.29, 1.82) is 0 Å². The molecule has 0 radical (unpaired) electrons. The Morgan fingerprint density at radius 2 is 1.65 bits per heavy atom. The lowest BCUT2D eigenvalue weighted by Gasteiger charge is -2.37. The van der Waals surface area contributed by atoms with E-state index in [0.29, 0.717) is 11.8 Å². The van der Waals surface area contributed by atoms with E-state index in [0.717, 1.165) is 38.3 Å². The van der Waals surface area contributed by atoms with Crippen molar-refractivity contribution in [2.24, 2.45) is 0 Å². The predicted molar refractivity (Wildman–Crippen MR) is 119 cm³/mol. The Hall–Kier alpha value is -3.09. The van der Waals surface area contributed by atoms with Gasteiger partial charge in [0.05, 0.1) is 6.04 Å². The van der Waals surface area contributed by atoms with E-state index < -0.39 is 0 Å². The summed E-state index contributed by atoms with van der Waals surface area (Å²) in [6, 6.07) is 21.3. The molecule has 1 aliphatic heterocycles. The molecule has 0 bridgehead atoms. The fourth-order valence-corrected chi connectivity index (χ4v) is 4.25. The Bertz CT molecular complexity index is 1160. The monoisotopic (exact) mass is 416 g/mol. The molecule has 0 amide bonds. The van der Waals surface area contributed by atoms with Gasteiger partial charge >= 0.3 is 0 Å². The smallest absolute Gasteiger partial charge is 0.247 e. The summed E-state index contributed by atoms with van der Waals surface area (Å²) in [5.41, 5.74) is 2.10. The van der Waals surface area contributed by atoms with E-state index in [1.807, 2.05) is 0 Å². The summed E-state index contributed by atoms with van der Waals surface area (Å²) >= 11 is 0. The van der Waals surface area contributed by atoms with Gasteiger partial charge in [0.2, 0.25) is 11.8 Å². The number of halogens is 1. The molecule has 1 aromatic heterocycles. The van der Waals surface area contributed by atoms with Gasteiger partial charge in [-0.2, -0.15) is 0 Å². The molecule has 2 heterocycles. The number of rotatable bonds is 5. The van der Waals surface area contributed by atoms with Gasteiger partial charge in [0.15, 0.2) is 0 Å². The van der Waals surface area contributed by atoms with Crippen molar-refractivity contribution in [2.45, 2.75) is 19.5 Å². The highest BCUT2D eigenvalue weighted by atomic mass is 19.1. The maximum absolute atomic E-state index is 13.1. The van der Waals surface area contributed by atoms with Crippen LogP contribution in [0.25, 0.3) is 22.2 Å². The van der Waals surface area contributed by atoms with Gasteiger partial charge in [0.1, 0.15) is 5.82 Å². The van der Waals surface area contributed by atoms with Crippen LogP contribution in [0.4, 0.5) is 4.39 Å². The Morgan fingerprint density at radius 3 is 2.45 bits per heavy atom. The van der Waals surface area contributed by atoms with Gasteiger partial charge < -0.3 is 4.42 Å². The Morgan fingerprint density at radius 1 is 0.903 bits per heavy atom. The van der Waals surface area contributed by atoms with Crippen LogP contribution >= 0.6 is 0 Å². The van der Waals surface area contributed by atoms with Crippen LogP contribution in [0, 0.1) is 5.82 Å². The number of aromatic nitrogens is 2. The lowest BCUT2D eigenvalue weighted by Crippen LogP contribution is -2.46. The second kappa shape index (κ2) is 8.57. The van der Waals surface area contributed by atoms with Gasteiger partial charge in [0, 0.05) is 38.3 Å². The normalized spacial score (nSPS) is 16.6. The standard InChI is InChI=1S/C25H25FN4O/c1-18(24-27-28-25(31-24)20-9-11-22(26)12-10-20)30-15-13-29(14-16-30)17-21-7-4-6-19-5-2-3-8-23(19)21/h2-12,18H,13-17H2,1H3/t18-/m1/s1. The molecule has 158 valence electrons. The van der Waals surface area contributed by atoms with E-state index in [1.165, 1.54) is 28.5 Å². The van der Waals surface area contributed by atoms with Crippen LogP contribution in [0.3, 0.4) is 0 Å². The van der Waals surface area contributed by atoms with E-state index in [1.54, 1.807) is 12.1 Å². The first-order chi connectivity index (χ1) is 15.2. The average molecular weight is 417 g/mol. The molecule has 0 unspecified atom stereocenters. The summed E-state index contributed by atoms with van der Waals surface area (Å²) in [6.45, 7) is 6.93. The maximum atomic E-state index is 13.1. The predicted octanol–water partition coefficient (Wildman–Crippen LogP) is 4.91. The van der Waals surface area contributed by atoms with Gasteiger partial charge in [-0.15, -0.1) is 10.2 Å². The molecule has 0 spiro atoms. The van der Waals surface area contributed by atoms with Crippen LogP contribution in [-0.4, -0.2) is 46.2 Å². The van der Waals surface area contributed by atoms with Crippen molar-refractivity contribution in [3.63, 3.8) is 0 Å². The minimum atomic E-state index is -0.279. The number of fused-ring (bicyclic) bond motifs is 1. The molecular formula is C25H25FN4O. The molecule has 6 heteroatoms. The van der Waals surface area contributed by atoms with Crippen molar-refractivity contribution in [2.75, 3.05) is 26.2 Å². The molecule has 5 nitrogen and oxygen atoms in total. The molecule has 1 saturated heterocycles. The zero-order valence-corrected chi connectivity index (χ0v) is 17.5. The van der Waals surface area contributed by atoms with Gasteiger partial charge in [-0.25, -0.2) is 4.39 Å². The van der Waals surface area contributed by atoms with Crippen LogP contribution < -0.4 is 0 Å². The summed E-state index contributed by atoms with van der Waals surface area (Å²) < 4.78 is 19.0. The zero-order chi connectivity index (χ0) is 21.2. The van der Waals surface area contributed by atoms with E-state index in [4.69, 9.17) is 4.42 Å². The SMILES string of the molecule is C[C@H](c1nnc(-c2ccc(F)cc2)o1)N1CCN(Cc2cccc3ccccc23)CC1. The fourth-order valence-electron chi connectivity index (χ4n) is 4.25. The van der Waals surface area contributed by atoms with Gasteiger partial charge in [-0.05, 0) is 47.5 Å². The molecule has 3 aromatic carbocycles. The number of piperazine rings is 1. The molecular weight excluding hydrogens is 391 g/mol. The highest BCUT2D eigenvalue weighted by Gasteiger charge is 2.26. The summed E-state index contributed by atoms with van der Waals surface area (Å²) in [7, 11) is 0. The minimum Gasteiger partial charge on any atom is -0.419 e. The summed E-state index contributed by atoms with van der Waals surface area (Å²) in [6.07, 6.45) is 0. The lowest BCUT2D eigenvalue weighted by atomic mass is 10.0. The van der Waals surface area contributed by atoms with Gasteiger partial charge in [-0.1, -0.05) is 42.5 Å². The first-order valence-corrected chi connectivity index (χ1v) is 10.7. The minimum absolute atomic E-state index is 0.0430. The molecule has 0 aliphatic carbocycles. The highest BCUT2D eigenvalue weighted by molar-refractivity contribution is 5.85. The van der Waals surface area contributed by atoms with Crippen LogP contribution in [0.1, 0.15) is 24.4 Å². The zero-order valence-electron chi connectivity index (χ0n) is 17.5. The van der Waals surface area contributed by atoms with Crippen LogP contribution in [0.2, 0.25) is 0 Å². The summed E-state index contributed by atoms with van der Waals surface area (Å²) in [5, 5.41) is 11.0. The molecule has 5 rings (SSSR count). The van der Waals surface area contributed by atoms with Crippen molar-refractivity contribution in [1.82, 2.24) is 20.0 Å². The van der Waals surface area contributed by atoms with E-state index in [2.05, 4.69) is 69.4 Å². The third kappa shape index (κ3) is 4.22. The van der Waals surface area contributed by atoms with E-state index >= 15 is 0 Å². The molecule has 1 atom stereocenters. The quantitative estimate of drug-likeness (QED) is 0.463. The van der Waals surface area contributed by atoms with Crippen LogP contribution in [-0.2, 0) is 6.54 Å². The average Bonchev–Trinajstić information content (AvgIpc) is 3.30. The number of hydrogen-bond donors (Lipinski definition) is 0. The first-order valence-electron chi connectivity index (χ1n) is 10.7. The number of hydrogen-bond acceptors (Lipinski definition) is 5. The first kappa shape index (κ1) is 19.8. The summed E-state index contributed by atoms with van der Waals surface area (Å²) in [4.78, 5) is 4.88. The molecule has 1 fully saturated rings. The topological polar surface area (TPSA) is 45.4 Å². The summed E-state index contributed by atoms with van der Waals surface area (Å²) in [5.74, 6) is 0.747. The molecule has 0 N–H and O–H groups in total. The van der Waals surface area contributed by atoms with Crippen molar-refractivity contribution < 1.29 is 8.81 Å². The lowest BCUT2D eigenvalue weighted by molar-refractivity contribution is 0.0878. The van der Waals surface area contributed by atoms with E-state index in [-0.39, 0.29) is 11.9 Å². The van der Waals surface area contributed by atoms with Crippen molar-refractivity contribution in [3.8, 4) is 11.5 Å². The van der Waals surface area contributed by atoms with Gasteiger partial charge in [0.25, 0.3) is 0 Å². The largest absolute Gasteiger partial charge is 0.419 e. The maximum Gasteiger partial charge on any atom is 0.247 e. The molecule has 1 aliphatic rings. The third-order valence-corrected chi connectivity index (χ3v) is 6.12. The molecule has 31 heavy (non-hydrogen) atoms. The van der Waals surface area contributed by atoms with E-state index in [9.17, 15) is 4.39 Å². The van der Waals surface area contributed by atoms with Crippen LogP contribution in [0.15, 0.2) is 71.1 Å². The second-order valence-electron chi connectivity index (χ2n) is 8.08. The highest BCUT2D eigenvalue weighted by Crippen LogP contribution is 2.26. The number of benzene rings is 3. The third-order valence-electron chi connectivity index (χ3n) is 6.12. The fraction of sp³-hybridized carbons (Fsp3) is 0.280. The Labute approximate surface area is 181 Å². The van der Waals surface area contributed by atoms with Gasteiger partial charge in [-0.3, -0.25) is 9.80 Å². The molecule has 0 saturated carbocycles. The Kier molecular flexibility index (Phi) is 5.49. The second-order valence-corrected chi connectivity index (χ2v) is 8.08. The molecule has 4 aromatic rings. The van der Waals surface area contributed by atoms with Crippen molar-refractivity contribution in [3.05, 3.63) is 84.0 Å².